The molecule has 0 aliphatic carbocycles. The number of aliphatic hydroxyl groups excluding tert-OH is 1. The number of aryl methyl sites for hydroxylation is 1. The van der Waals surface area contributed by atoms with Crippen LogP contribution in [0.15, 0.2) is 52.7 Å². The lowest BCUT2D eigenvalue weighted by Crippen LogP contribution is -2.28. The summed E-state index contributed by atoms with van der Waals surface area (Å²) in [5.41, 5.74) is 0.941. The van der Waals surface area contributed by atoms with Crippen LogP contribution in [-0.4, -0.2) is 20.1 Å². The molecule has 24 heavy (non-hydrogen) atoms. The second-order valence-corrected chi connectivity index (χ2v) is 8.14. The maximum absolute atomic E-state index is 13.3. The van der Waals surface area contributed by atoms with Crippen LogP contribution in [0.25, 0.3) is 10.1 Å². The highest BCUT2D eigenvalue weighted by molar-refractivity contribution is 7.89. The zero-order valence-electron chi connectivity index (χ0n) is 12.9. The van der Waals surface area contributed by atoms with Crippen LogP contribution in [-0.2, 0) is 10.0 Å². The molecule has 0 spiro atoms. The predicted octanol–water partition coefficient (Wildman–Crippen LogP) is 3.36. The highest BCUT2D eigenvalue weighted by Gasteiger charge is 2.19. The highest BCUT2D eigenvalue weighted by atomic mass is 32.2. The molecule has 0 bridgehead atoms. The first kappa shape index (κ1) is 17.0. The fraction of sp³-hybridized carbons (Fsp3) is 0.176. The fourth-order valence-corrected chi connectivity index (χ4v) is 4.55. The van der Waals surface area contributed by atoms with Gasteiger partial charge in [0.05, 0.1) is 11.0 Å². The Labute approximate surface area is 143 Å². The minimum atomic E-state index is -3.81. The Hall–Kier alpha value is -1.80. The van der Waals surface area contributed by atoms with E-state index < -0.39 is 21.9 Å². The summed E-state index contributed by atoms with van der Waals surface area (Å²) in [5, 5.41) is 13.1. The van der Waals surface area contributed by atoms with E-state index in [4.69, 9.17) is 0 Å². The number of aliphatic hydroxyl groups is 1. The number of hydrogen-bond acceptors (Lipinski definition) is 4. The number of halogens is 1. The number of rotatable bonds is 5. The van der Waals surface area contributed by atoms with Crippen LogP contribution < -0.4 is 4.72 Å². The molecule has 2 N–H and O–H groups in total. The quantitative estimate of drug-likeness (QED) is 0.729. The van der Waals surface area contributed by atoms with Crippen molar-refractivity contribution in [2.75, 3.05) is 6.54 Å². The number of nitrogens with one attached hydrogen (secondary N) is 1. The van der Waals surface area contributed by atoms with E-state index in [1.165, 1.54) is 30.4 Å². The van der Waals surface area contributed by atoms with E-state index in [-0.39, 0.29) is 17.0 Å². The van der Waals surface area contributed by atoms with E-state index in [1.54, 1.807) is 0 Å². The second-order valence-electron chi connectivity index (χ2n) is 5.47. The van der Waals surface area contributed by atoms with E-state index in [1.807, 2.05) is 29.6 Å². The van der Waals surface area contributed by atoms with Gasteiger partial charge in [-0.3, -0.25) is 0 Å². The molecule has 7 heteroatoms. The third-order valence-corrected chi connectivity index (χ3v) is 6.18. The van der Waals surface area contributed by atoms with Gasteiger partial charge in [-0.15, -0.1) is 11.3 Å². The highest BCUT2D eigenvalue weighted by Crippen LogP contribution is 2.30. The van der Waals surface area contributed by atoms with E-state index in [0.717, 1.165) is 16.2 Å². The van der Waals surface area contributed by atoms with Crippen molar-refractivity contribution < 1.29 is 17.9 Å². The van der Waals surface area contributed by atoms with Crippen LogP contribution in [0.4, 0.5) is 4.39 Å². The molecule has 0 amide bonds. The lowest BCUT2D eigenvalue weighted by Gasteiger charge is -2.12. The first-order valence-electron chi connectivity index (χ1n) is 7.28. The van der Waals surface area contributed by atoms with E-state index in [9.17, 15) is 17.9 Å². The molecule has 1 heterocycles. The lowest BCUT2D eigenvalue weighted by atomic mass is 10.1. The Balaban J connectivity index is 1.77. The normalized spacial score (nSPS) is 13.3. The summed E-state index contributed by atoms with van der Waals surface area (Å²) in [5.74, 6) is -0.460. The number of hydrogen-bond donors (Lipinski definition) is 2. The van der Waals surface area contributed by atoms with Gasteiger partial charge in [-0.25, -0.2) is 17.5 Å². The standard InChI is InChI=1S/C17H16FNO3S2/c1-11-8-12(6-7-15(11)18)24(21,22)19-9-16(20)14-10-23-17-5-3-2-4-13(14)17/h2-8,10,16,19-20H,9H2,1H3. The largest absolute Gasteiger partial charge is 0.387 e. The number of benzene rings is 2. The zero-order valence-corrected chi connectivity index (χ0v) is 14.5. The van der Waals surface area contributed by atoms with E-state index in [2.05, 4.69) is 4.72 Å². The minimum absolute atomic E-state index is 0.0243. The minimum Gasteiger partial charge on any atom is -0.387 e. The van der Waals surface area contributed by atoms with Gasteiger partial charge in [0, 0.05) is 16.8 Å². The average molecular weight is 365 g/mol. The molecule has 2 aromatic carbocycles. The summed E-state index contributed by atoms with van der Waals surface area (Å²) < 4.78 is 41.3. The molecule has 0 radical (unpaired) electrons. The Kier molecular flexibility index (Phi) is 4.69. The molecule has 0 aliphatic rings. The van der Waals surface area contributed by atoms with Gasteiger partial charge in [0.2, 0.25) is 10.0 Å². The average Bonchev–Trinajstić information content (AvgIpc) is 2.99. The molecule has 1 aromatic heterocycles. The molecule has 126 valence electrons. The van der Waals surface area contributed by atoms with Gasteiger partial charge in [0.15, 0.2) is 0 Å². The van der Waals surface area contributed by atoms with Gasteiger partial charge >= 0.3 is 0 Å². The van der Waals surface area contributed by atoms with Crippen LogP contribution in [0.1, 0.15) is 17.2 Å². The molecule has 0 saturated carbocycles. The van der Waals surface area contributed by atoms with E-state index in [0.29, 0.717) is 5.56 Å². The molecule has 0 aliphatic heterocycles. The fourth-order valence-electron chi connectivity index (χ4n) is 2.42. The van der Waals surface area contributed by atoms with Crippen molar-refractivity contribution in [3.63, 3.8) is 0 Å². The summed E-state index contributed by atoms with van der Waals surface area (Å²) >= 11 is 1.50. The molecule has 0 fully saturated rings. The number of fused-ring (bicyclic) bond motifs is 1. The molecule has 1 unspecified atom stereocenters. The van der Waals surface area contributed by atoms with Crippen molar-refractivity contribution in [1.29, 1.82) is 0 Å². The van der Waals surface area contributed by atoms with Crippen LogP contribution in [0.5, 0.6) is 0 Å². The SMILES string of the molecule is Cc1cc(S(=O)(=O)NCC(O)c2csc3ccccc23)ccc1F. The second kappa shape index (κ2) is 6.60. The first-order valence-corrected chi connectivity index (χ1v) is 9.65. The van der Waals surface area contributed by atoms with Crippen LogP contribution in [0, 0.1) is 12.7 Å². The van der Waals surface area contributed by atoms with Gasteiger partial charge in [-0.05, 0) is 47.5 Å². The first-order chi connectivity index (χ1) is 11.4. The van der Waals surface area contributed by atoms with Crippen molar-refractivity contribution >= 4 is 31.4 Å². The summed E-state index contributed by atoms with van der Waals surface area (Å²) in [6.07, 6.45) is -0.961. The van der Waals surface area contributed by atoms with Crippen LogP contribution in [0.2, 0.25) is 0 Å². The van der Waals surface area contributed by atoms with E-state index >= 15 is 0 Å². The van der Waals surface area contributed by atoms with Gasteiger partial charge in [-0.1, -0.05) is 18.2 Å². The third kappa shape index (κ3) is 3.34. The van der Waals surface area contributed by atoms with Gasteiger partial charge in [-0.2, -0.15) is 0 Å². The Morgan fingerprint density at radius 3 is 2.75 bits per heavy atom. The Bertz CT molecular complexity index is 982. The number of thiophene rings is 1. The number of sulfonamides is 1. The third-order valence-electron chi connectivity index (χ3n) is 3.78. The van der Waals surface area contributed by atoms with Crippen molar-refractivity contribution in [3.8, 4) is 0 Å². The maximum Gasteiger partial charge on any atom is 0.240 e. The van der Waals surface area contributed by atoms with Gasteiger partial charge < -0.3 is 5.11 Å². The van der Waals surface area contributed by atoms with Crippen LogP contribution >= 0.6 is 11.3 Å². The van der Waals surface area contributed by atoms with Crippen molar-refractivity contribution in [2.45, 2.75) is 17.9 Å². The van der Waals surface area contributed by atoms with Crippen molar-refractivity contribution in [1.82, 2.24) is 4.72 Å². The van der Waals surface area contributed by atoms with Crippen LogP contribution in [0.3, 0.4) is 0 Å². The predicted molar refractivity (Wildman–Crippen MR) is 93.1 cm³/mol. The zero-order chi connectivity index (χ0) is 17.3. The van der Waals surface area contributed by atoms with Crippen molar-refractivity contribution in [3.05, 3.63) is 64.8 Å². The summed E-state index contributed by atoms with van der Waals surface area (Å²) in [7, 11) is -3.81. The smallest absolute Gasteiger partial charge is 0.240 e. The van der Waals surface area contributed by atoms with Gasteiger partial charge in [0.25, 0.3) is 0 Å². The lowest BCUT2D eigenvalue weighted by molar-refractivity contribution is 0.184. The Morgan fingerprint density at radius 2 is 2.00 bits per heavy atom. The molecule has 4 nitrogen and oxygen atoms in total. The molecular weight excluding hydrogens is 349 g/mol. The molecule has 1 atom stereocenters. The summed E-state index contributed by atoms with van der Waals surface area (Å²) in [6, 6.07) is 11.2. The van der Waals surface area contributed by atoms with Crippen molar-refractivity contribution in [2.24, 2.45) is 0 Å². The Morgan fingerprint density at radius 1 is 1.25 bits per heavy atom. The summed E-state index contributed by atoms with van der Waals surface area (Å²) in [4.78, 5) is -0.0243. The topological polar surface area (TPSA) is 66.4 Å². The molecule has 0 saturated heterocycles. The summed E-state index contributed by atoms with van der Waals surface area (Å²) in [6.45, 7) is 1.35. The molecular formula is C17H16FNO3S2. The molecule has 3 aromatic rings. The maximum atomic E-state index is 13.3. The molecule has 3 rings (SSSR count). The monoisotopic (exact) mass is 365 g/mol. The van der Waals surface area contributed by atoms with Gasteiger partial charge in [0.1, 0.15) is 5.82 Å².